The van der Waals surface area contributed by atoms with Crippen LogP contribution in [-0.2, 0) is 0 Å². The summed E-state index contributed by atoms with van der Waals surface area (Å²) in [5, 5.41) is -0.474. The van der Waals surface area contributed by atoms with E-state index >= 15 is 0 Å². The van der Waals surface area contributed by atoms with Gasteiger partial charge in [-0.15, -0.1) is 0 Å². The summed E-state index contributed by atoms with van der Waals surface area (Å²) in [5.41, 5.74) is 1.16. The van der Waals surface area contributed by atoms with Gasteiger partial charge in [0.25, 0.3) is 5.24 Å². The first-order chi connectivity index (χ1) is 5.79. The van der Waals surface area contributed by atoms with Crippen molar-refractivity contribution < 1.29 is 4.79 Å². The van der Waals surface area contributed by atoms with Crippen LogP contribution in [0.4, 0.5) is 0 Å². The summed E-state index contributed by atoms with van der Waals surface area (Å²) in [5.74, 6) is 0. The van der Waals surface area contributed by atoms with Crippen LogP contribution in [0.3, 0.4) is 0 Å². The highest BCUT2D eigenvalue weighted by atomic mass is 35.5. The molecule has 2 rings (SSSR count). The van der Waals surface area contributed by atoms with E-state index in [1.54, 1.807) is 28.9 Å². The predicted octanol–water partition coefficient (Wildman–Crippen LogP) is 1.71. The highest BCUT2D eigenvalue weighted by Crippen LogP contribution is 2.07. The lowest BCUT2D eigenvalue weighted by molar-refractivity contribution is 0.107. The molecule has 0 bridgehead atoms. The molecule has 4 heteroatoms. The van der Waals surface area contributed by atoms with Gasteiger partial charge in [0.1, 0.15) is 11.3 Å². The van der Waals surface area contributed by atoms with Crippen LogP contribution in [-0.4, -0.2) is 14.6 Å². The van der Waals surface area contributed by atoms with Crippen molar-refractivity contribution in [3.8, 4) is 0 Å². The Labute approximate surface area is 73.6 Å². The molecule has 0 saturated heterocycles. The first kappa shape index (κ1) is 7.31. The molecule has 0 aromatic carbocycles. The maximum Gasteiger partial charge on any atom is 0.269 e. The zero-order valence-corrected chi connectivity index (χ0v) is 6.82. The molecule has 0 unspecified atom stereocenters. The molecule has 0 saturated carbocycles. The molecule has 0 fully saturated rings. The van der Waals surface area contributed by atoms with Gasteiger partial charge in [0, 0.05) is 12.4 Å². The number of pyridine rings is 1. The summed E-state index contributed by atoms with van der Waals surface area (Å²) in [4.78, 5) is 14.9. The lowest BCUT2D eigenvalue weighted by Crippen LogP contribution is -1.98. The summed E-state index contributed by atoms with van der Waals surface area (Å²) in [6, 6.07) is 5.21. The van der Waals surface area contributed by atoms with Crippen LogP contribution in [0.1, 0.15) is 10.5 Å². The largest absolute Gasteiger partial charge is 0.296 e. The third kappa shape index (κ3) is 0.987. The van der Waals surface area contributed by atoms with Crippen molar-refractivity contribution in [2.24, 2.45) is 0 Å². The first-order valence-electron chi connectivity index (χ1n) is 3.41. The molecule has 0 aliphatic rings. The van der Waals surface area contributed by atoms with Crippen molar-refractivity contribution in [1.29, 1.82) is 0 Å². The highest BCUT2D eigenvalue weighted by Gasteiger charge is 2.05. The van der Waals surface area contributed by atoms with Gasteiger partial charge < -0.3 is 0 Å². The molecular formula is C8H5ClN2O. The van der Waals surface area contributed by atoms with Gasteiger partial charge in [0.2, 0.25) is 0 Å². The van der Waals surface area contributed by atoms with E-state index in [0.29, 0.717) is 5.69 Å². The molecule has 12 heavy (non-hydrogen) atoms. The van der Waals surface area contributed by atoms with Crippen molar-refractivity contribution >= 4 is 22.5 Å². The highest BCUT2D eigenvalue weighted by molar-refractivity contribution is 6.67. The van der Waals surface area contributed by atoms with Crippen molar-refractivity contribution in [1.82, 2.24) is 9.38 Å². The fourth-order valence-corrected chi connectivity index (χ4v) is 1.26. The minimum Gasteiger partial charge on any atom is -0.296 e. The number of hydrogen-bond donors (Lipinski definition) is 0. The van der Waals surface area contributed by atoms with E-state index in [-0.39, 0.29) is 0 Å². The monoisotopic (exact) mass is 180 g/mol. The minimum absolute atomic E-state index is 0.437. The van der Waals surface area contributed by atoms with Gasteiger partial charge in [-0.2, -0.15) is 0 Å². The van der Waals surface area contributed by atoms with Gasteiger partial charge >= 0.3 is 0 Å². The van der Waals surface area contributed by atoms with Crippen LogP contribution >= 0.6 is 11.6 Å². The van der Waals surface area contributed by atoms with Gasteiger partial charge in [-0.3, -0.25) is 9.20 Å². The van der Waals surface area contributed by atoms with Gasteiger partial charge in [-0.25, -0.2) is 4.98 Å². The third-order valence-corrected chi connectivity index (χ3v) is 1.82. The maximum atomic E-state index is 10.9. The van der Waals surface area contributed by atoms with Crippen LogP contribution in [0.15, 0.2) is 30.6 Å². The number of rotatable bonds is 1. The van der Waals surface area contributed by atoms with E-state index in [4.69, 9.17) is 11.6 Å². The second-order valence-corrected chi connectivity index (χ2v) is 2.68. The molecule has 2 aromatic rings. The average molecular weight is 181 g/mol. The summed E-state index contributed by atoms with van der Waals surface area (Å²) in [7, 11) is 0. The Morgan fingerprint density at radius 3 is 3.08 bits per heavy atom. The second-order valence-electron chi connectivity index (χ2n) is 2.34. The number of halogens is 1. The molecule has 0 N–H and O–H groups in total. The van der Waals surface area contributed by atoms with Crippen molar-refractivity contribution in [3.05, 3.63) is 36.3 Å². The zero-order chi connectivity index (χ0) is 8.55. The zero-order valence-electron chi connectivity index (χ0n) is 6.07. The normalized spacial score (nSPS) is 10.4. The summed E-state index contributed by atoms with van der Waals surface area (Å²) < 4.78 is 1.65. The van der Waals surface area contributed by atoms with Gasteiger partial charge in [0.15, 0.2) is 0 Å². The van der Waals surface area contributed by atoms with Crippen LogP contribution < -0.4 is 0 Å². The molecular weight excluding hydrogens is 176 g/mol. The predicted molar refractivity (Wildman–Crippen MR) is 45.4 cm³/mol. The Morgan fingerprint density at radius 2 is 2.33 bits per heavy atom. The van der Waals surface area contributed by atoms with E-state index in [0.717, 1.165) is 5.65 Å². The standard InChI is InChI=1S/C8H5ClN2O/c9-8(12)6-2-1-3-7-10-4-5-11(6)7/h1-5H. The van der Waals surface area contributed by atoms with Crippen LogP contribution in [0.2, 0.25) is 0 Å². The lowest BCUT2D eigenvalue weighted by atomic mass is 10.3. The Hall–Kier alpha value is -1.35. The lowest BCUT2D eigenvalue weighted by Gasteiger charge is -1.97. The molecule has 0 radical (unpaired) electrons. The van der Waals surface area contributed by atoms with E-state index in [9.17, 15) is 4.79 Å². The van der Waals surface area contributed by atoms with Gasteiger partial charge in [-0.1, -0.05) is 6.07 Å². The SMILES string of the molecule is O=C(Cl)c1cccc2nccn12. The van der Waals surface area contributed by atoms with Crippen LogP contribution in [0.5, 0.6) is 0 Å². The maximum absolute atomic E-state index is 10.9. The fourth-order valence-electron chi connectivity index (χ4n) is 1.11. The van der Waals surface area contributed by atoms with Crippen LogP contribution in [0.25, 0.3) is 5.65 Å². The molecule has 0 spiro atoms. The minimum atomic E-state index is -0.474. The average Bonchev–Trinajstić information content (AvgIpc) is 2.49. The fraction of sp³-hybridized carbons (Fsp3) is 0. The van der Waals surface area contributed by atoms with Gasteiger partial charge in [-0.05, 0) is 23.7 Å². The number of nitrogens with zero attached hydrogens (tertiary/aromatic N) is 2. The molecule has 0 amide bonds. The van der Waals surface area contributed by atoms with Gasteiger partial charge in [0.05, 0.1) is 0 Å². The number of aromatic nitrogens is 2. The Balaban J connectivity index is 2.82. The van der Waals surface area contributed by atoms with Crippen molar-refractivity contribution in [2.75, 3.05) is 0 Å². The molecule has 0 aliphatic heterocycles. The second kappa shape index (κ2) is 2.60. The number of imidazole rings is 1. The number of fused-ring (bicyclic) bond motifs is 1. The Kier molecular flexibility index (Phi) is 1.59. The van der Waals surface area contributed by atoms with Crippen LogP contribution in [0, 0.1) is 0 Å². The third-order valence-electron chi connectivity index (χ3n) is 1.63. The smallest absolute Gasteiger partial charge is 0.269 e. The molecule has 60 valence electrons. The van der Waals surface area contributed by atoms with E-state index in [1.165, 1.54) is 0 Å². The molecule has 0 atom stereocenters. The molecule has 3 nitrogen and oxygen atoms in total. The summed E-state index contributed by atoms with van der Waals surface area (Å²) in [6.07, 6.45) is 3.32. The van der Waals surface area contributed by atoms with E-state index in [1.807, 2.05) is 6.07 Å². The molecule has 2 heterocycles. The Bertz CT molecular complexity index is 435. The summed E-state index contributed by atoms with van der Waals surface area (Å²) >= 11 is 5.35. The molecule has 0 aliphatic carbocycles. The first-order valence-corrected chi connectivity index (χ1v) is 3.79. The van der Waals surface area contributed by atoms with E-state index in [2.05, 4.69) is 4.98 Å². The van der Waals surface area contributed by atoms with Crippen molar-refractivity contribution in [3.63, 3.8) is 0 Å². The number of carbonyl (C=O) groups is 1. The Morgan fingerprint density at radius 1 is 1.50 bits per heavy atom. The topological polar surface area (TPSA) is 34.4 Å². The van der Waals surface area contributed by atoms with E-state index < -0.39 is 5.24 Å². The quantitative estimate of drug-likeness (QED) is 0.627. The molecule has 2 aromatic heterocycles. The summed E-state index contributed by atoms with van der Waals surface area (Å²) in [6.45, 7) is 0. The number of carbonyl (C=O) groups excluding carboxylic acids is 1. The van der Waals surface area contributed by atoms with Crippen molar-refractivity contribution in [2.45, 2.75) is 0 Å². The number of hydrogen-bond acceptors (Lipinski definition) is 2.